The molecule has 0 saturated heterocycles. The van der Waals surface area contributed by atoms with Crippen LogP contribution in [0.5, 0.6) is 0 Å². The van der Waals surface area contributed by atoms with Crippen molar-refractivity contribution >= 4 is 11.4 Å². The third-order valence-corrected chi connectivity index (χ3v) is 6.36. The highest BCUT2D eigenvalue weighted by Gasteiger charge is 2.43. The number of nitrogens with zero attached hydrogens (tertiary/aromatic N) is 2. The van der Waals surface area contributed by atoms with Gasteiger partial charge in [-0.2, -0.15) is 0 Å². The Bertz CT molecular complexity index is 875. The number of aromatic nitrogens is 2. The Morgan fingerprint density at radius 2 is 1.89 bits per heavy atom. The zero-order valence-electron chi connectivity index (χ0n) is 16.4. The molecule has 0 radical (unpaired) electrons. The first kappa shape index (κ1) is 18.1. The molecule has 1 fully saturated rings. The van der Waals surface area contributed by atoms with Gasteiger partial charge in [-0.05, 0) is 75.3 Å². The van der Waals surface area contributed by atoms with Crippen LogP contribution in [-0.2, 0) is 0 Å². The van der Waals surface area contributed by atoms with Crippen molar-refractivity contribution in [3.8, 4) is 0 Å². The molecule has 2 heterocycles. The highest BCUT2D eigenvalue weighted by Crippen LogP contribution is 2.39. The van der Waals surface area contributed by atoms with Crippen LogP contribution in [0.2, 0.25) is 0 Å². The van der Waals surface area contributed by atoms with Gasteiger partial charge in [0.25, 0.3) is 0 Å². The molecule has 144 valence electrons. The molecule has 1 aromatic carbocycles. The van der Waals surface area contributed by atoms with Crippen molar-refractivity contribution in [1.29, 1.82) is 0 Å². The second kappa shape index (κ2) is 6.69. The first-order chi connectivity index (χ1) is 12.9. The molecule has 6 N–H and O–H groups in total. The largest absolute Gasteiger partial charge is 0.352 e. The van der Waals surface area contributed by atoms with Crippen LogP contribution in [0.25, 0.3) is 5.70 Å². The zero-order chi connectivity index (χ0) is 19.2. The third-order valence-electron chi connectivity index (χ3n) is 6.36. The van der Waals surface area contributed by atoms with E-state index in [0.29, 0.717) is 12.0 Å². The molecule has 1 aliphatic carbocycles. The van der Waals surface area contributed by atoms with Crippen LogP contribution < -0.4 is 22.2 Å². The lowest BCUT2D eigenvalue weighted by molar-refractivity contribution is 0.229. The lowest BCUT2D eigenvalue weighted by atomic mass is 9.75. The van der Waals surface area contributed by atoms with Crippen LogP contribution in [-0.4, -0.2) is 21.4 Å². The van der Waals surface area contributed by atoms with Crippen molar-refractivity contribution in [2.75, 3.05) is 10.7 Å². The molecule has 4 rings (SSSR count). The van der Waals surface area contributed by atoms with E-state index in [-0.39, 0.29) is 0 Å². The summed E-state index contributed by atoms with van der Waals surface area (Å²) in [5.74, 6) is 1.20. The molecule has 0 spiro atoms. The van der Waals surface area contributed by atoms with Gasteiger partial charge in [-0.3, -0.25) is 0 Å². The molecule has 1 saturated carbocycles. The lowest BCUT2D eigenvalue weighted by Gasteiger charge is -2.46. The van der Waals surface area contributed by atoms with Gasteiger partial charge in [0.15, 0.2) is 5.82 Å². The van der Waals surface area contributed by atoms with Crippen LogP contribution in [0.1, 0.15) is 49.6 Å². The van der Waals surface area contributed by atoms with Gasteiger partial charge in [0.2, 0.25) is 0 Å². The minimum Gasteiger partial charge on any atom is -0.352 e. The smallest absolute Gasteiger partial charge is 0.175 e. The number of hydrogen-bond donors (Lipinski definition) is 4. The highest BCUT2D eigenvalue weighted by molar-refractivity contribution is 5.79. The Hall–Kier alpha value is -2.31. The molecule has 2 aliphatic rings. The Labute approximate surface area is 161 Å². The van der Waals surface area contributed by atoms with Gasteiger partial charge in [-0.1, -0.05) is 6.07 Å². The summed E-state index contributed by atoms with van der Waals surface area (Å²) < 4.78 is 1.95. The van der Waals surface area contributed by atoms with Crippen LogP contribution in [0, 0.1) is 19.8 Å². The predicted octanol–water partition coefficient (Wildman–Crippen LogP) is 3.07. The Kier molecular flexibility index (Phi) is 4.48. The van der Waals surface area contributed by atoms with Crippen molar-refractivity contribution in [1.82, 2.24) is 9.66 Å². The van der Waals surface area contributed by atoms with Crippen LogP contribution in [0.15, 0.2) is 36.2 Å². The number of aryl methyl sites for hydroxylation is 2. The Morgan fingerprint density at radius 1 is 1.15 bits per heavy atom. The van der Waals surface area contributed by atoms with Gasteiger partial charge < -0.3 is 22.2 Å². The number of nitrogens with two attached hydrogens (primary N) is 2. The minimum atomic E-state index is -0.615. The number of nitrogens with one attached hydrogen (secondary N) is 2. The number of benzene rings is 1. The summed E-state index contributed by atoms with van der Waals surface area (Å²) >= 11 is 0. The first-order valence-electron chi connectivity index (χ1n) is 9.80. The quantitative estimate of drug-likeness (QED) is 0.670. The molecule has 27 heavy (non-hydrogen) atoms. The van der Waals surface area contributed by atoms with Gasteiger partial charge in [-0.15, -0.1) is 0 Å². The van der Waals surface area contributed by atoms with E-state index >= 15 is 0 Å². The fraction of sp³-hybridized carbons (Fsp3) is 0.476. The minimum absolute atomic E-state index is 0.301. The van der Waals surface area contributed by atoms with Gasteiger partial charge in [-0.25, -0.2) is 9.66 Å². The van der Waals surface area contributed by atoms with Crippen LogP contribution >= 0.6 is 0 Å². The number of fused-ring (bicyclic) bond motifs is 1. The van der Waals surface area contributed by atoms with E-state index in [4.69, 9.17) is 11.5 Å². The fourth-order valence-corrected chi connectivity index (χ4v) is 4.32. The molecule has 0 amide bonds. The van der Waals surface area contributed by atoms with Crippen molar-refractivity contribution in [3.05, 3.63) is 53.1 Å². The van der Waals surface area contributed by atoms with Crippen molar-refractivity contribution < 1.29 is 0 Å². The van der Waals surface area contributed by atoms with E-state index in [2.05, 4.69) is 54.7 Å². The third kappa shape index (κ3) is 3.13. The average molecular weight is 367 g/mol. The van der Waals surface area contributed by atoms with Crippen LogP contribution in [0.3, 0.4) is 0 Å². The standard InChI is InChI=1S/C21H30N6/c1-13-4-9-18(12-14(13)2)25-19-15(3)21(23,16-5-7-17(22)8-6-16)26-27-11-10-24-20(19)27/h4,9-12,16-17,25-26H,5-8,22-23H2,1-3H3. The zero-order valence-corrected chi connectivity index (χ0v) is 16.4. The van der Waals surface area contributed by atoms with E-state index in [1.165, 1.54) is 11.1 Å². The van der Waals surface area contributed by atoms with Gasteiger partial charge in [0.05, 0.1) is 5.70 Å². The topological polar surface area (TPSA) is 93.9 Å². The van der Waals surface area contributed by atoms with Gasteiger partial charge in [0, 0.05) is 30.0 Å². The normalized spacial score (nSPS) is 27.9. The van der Waals surface area contributed by atoms with Gasteiger partial charge >= 0.3 is 0 Å². The summed E-state index contributed by atoms with van der Waals surface area (Å²) in [6.07, 6.45) is 7.84. The van der Waals surface area contributed by atoms with E-state index in [0.717, 1.165) is 48.5 Å². The van der Waals surface area contributed by atoms with Crippen molar-refractivity contribution in [2.45, 2.75) is 58.2 Å². The van der Waals surface area contributed by atoms with E-state index in [1.807, 2.05) is 10.9 Å². The number of rotatable bonds is 3. The number of hydrogen-bond acceptors (Lipinski definition) is 5. The summed E-state index contributed by atoms with van der Waals surface area (Å²) in [4.78, 5) is 4.55. The summed E-state index contributed by atoms with van der Waals surface area (Å²) in [6.45, 7) is 6.37. The van der Waals surface area contributed by atoms with Crippen molar-refractivity contribution in [3.63, 3.8) is 0 Å². The molecule has 6 heteroatoms. The van der Waals surface area contributed by atoms with Crippen LogP contribution in [0.4, 0.5) is 5.69 Å². The average Bonchev–Trinajstić information content (AvgIpc) is 3.10. The maximum absolute atomic E-state index is 7.00. The summed E-state index contributed by atoms with van der Waals surface area (Å²) in [5.41, 5.74) is 21.7. The highest BCUT2D eigenvalue weighted by atomic mass is 15.5. The summed E-state index contributed by atoms with van der Waals surface area (Å²) in [7, 11) is 0. The molecule has 1 aliphatic heterocycles. The van der Waals surface area contributed by atoms with E-state index in [9.17, 15) is 0 Å². The second-order valence-corrected chi connectivity index (χ2v) is 8.14. The van der Waals surface area contributed by atoms with E-state index < -0.39 is 5.66 Å². The molecule has 1 atom stereocenters. The molecular formula is C21H30N6. The summed E-state index contributed by atoms with van der Waals surface area (Å²) in [6, 6.07) is 6.72. The fourth-order valence-electron chi connectivity index (χ4n) is 4.32. The maximum atomic E-state index is 7.00. The van der Waals surface area contributed by atoms with Crippen molar-refractivity contribution in [2.24, 2.45) is 17.4 Å². The Balaban J connectivity index is 1.73. The molecule has 2 aromatic rings. The predicted molar refractivity (Wildman–Crippen MR) is 111 cm³/mol. The summed E-state index contributed by atoms with van der Waals surface area (Å²) in [5, 5.41) is 3.60. The molecular weight excluding hydrogens is 336 g/mol. The Morgan fingerprint density at radius 3 is 2.59 bits per heavy atom. The molecule has 6 nitrogen and oxygen atoms in total. The monoisotopic (exact) mass is 366 g/mol. The van der Waals surface area contributed by atoms with Gasteiger partial charge in [0.1, 0.15) is 5.66 Å². The molecule has 0 bridgehead atoms. The van der Waals surface area contributed by atoms with E-state index in [1.54, 1.807) is 6.20 Å². The number of anilines is 1. The lowest BCUT2D eigenvalue weighted by Crippen LogP contribution is -2.61. The molecule has 1 unspecified atom stereocenters. The maximum Gasteiger partial charge on any atom is 0.175 e. The first-order valence-corrected chi connectivity index (χ1v) is 9.80. The molecule has 1 aromatic heterocycles. The SMILES string of the molecule is CC1=C(Nc2ccc(C)c(C)c2)c2nccn2NC1(N)C1CCC(N)CC1. The number of imidazole rings is 1. The second-order valence-electron chi connectivity index (χ2n) is 8.14.